The fourth-order valence-corrected chi connectivity index (χ4v) is 4.50. The Labute approximate surface area is 166 Å². The van der Waals surface area contributed by atoms with E-state index in [1.807, 2.05) is 42.7 Å². The predicted molar refractivity (Wildman–Crippen MR) is 109 cm³/mol. The lowest BCUT2D eigenvalue weighted by molar-refractivity contribution is -0.124. The molecule has 136 valence electrons. The molecule has 0 unspecified atom stereocenters. The zero-order valence-electron chi connectivity index (χ0n) is 14.3. The third-order valence-corrected chi connectivity index (χ3v) is 6.23. The Morgan fingerprint density at radius 3 is 2.77 bits per heavy atom. The van der Waals surface area contributed by atoms with Gasteiger partial charge in [0.1, 0.15) is 6.04 Å². The second-order valence-corrected chi connectivity index (χ2v) is 8.13. The number of nitrogens with zero attached hydrogens (tertiary/aromatic N) is 1. The summed E-state index contributed by atoms with van der Waals surface area (Å²) in [6.45, 7) is 0.450. The smallest absolute Gasteiger partial charge is 0.256 e. The molecule has 3 rings (SSSR count). The van der Waals surface area contributed by atoms with E-state index in [1.54, 1.807) is 40.6 Å². The molecule has 26 heavy (non-hydrogen) atoms. The number of amides is 2. The number of hydrogen-bond donors (Lipinski definition) is 1. The van der Waals surface area contributed by atoms with Gasteiger partial charge < -0.3 is 10.2 Å². The van der Waals surface area contributed by atoms with E-state index in [9.17, 15) is 9.59 Å². The molecule has 0 saturated carbocycles. The predicted octanol–water partition coefficient (Wildman–Crippen LogP) is 3.89. The van der Waals surface area contributed by atoms with E-state index in [1.165, 1.54) is 0 Å². The average Bonchev–Trinajstić information content (AvgIpc) is 3.17. The van der Waals surface area contributed by atoms with E-state index in [-0.39, 0.29) is 11.8 Å². The lowest BCUT2D eigenvalue weighted by atomic mass is 10.1. The van der Waals surface area contributed by atoms with Crippen molar-refractivity contribution in [3.63, 3.8) is 0 Å². The zero-order valence-corrected chi connectivity index (χ0v) is 16.7. The number of hydrogen-bond acceptors (Lipinski definition) is 4. The van der Waals surface area contributed by atoms with Crippen molar-refractivity contribution in [2.45, 2.75) is 17.5 Å². The minimum absolute atomic E-state index is 0.135. The van der Waals surface area contributed by atoms with Crippen LogP contribution in [0.5, 0.6) is 0 Å². The minimum atomic E-state index is -0.481. The summed E-state index contributed by atoms with van der Waals surface area (Å²) in [4.78, 5) is 28.2. The van der Waals surface area contributed by atoms with E-state index in [0.29, 0.717) is 28.8 Å². The van der Waals surface area contributed by atoms with Crippen molar-refractivity contribution in [1.82, 2.24) is 10.2 Å². The SMILES string of the molecule is CSc1ccc(Cl)c(C(=O)N2CSC[C@@H]2C(=O)NCc2ccccc2)c1. The standard InChI is InChI=1S/C19H19ClN2O2S2/c1-25-14-7-8-16(20)15(9-14)19(24)22-12-26-11-17(22)18(23)21-10-13-5-3-2-4-6-13/h2-9,17H,10-12H2,1H3,(H,21,23)/t17-/m1/s1. The third-order valence-electron chi connectivity index (χ3n) is 4.16. The number of rotatable bonds is 5. The summed E-state index contributed by atoms with van der Waals surface area (Å²) in [7, 11) is 0. The van der Waals surface area contributed by atoms with Crippen LogP contribution in [-0.4, -0.2) is 40.6 Å². The quantitative estimate of drug-likeness (QED) is 0.765. The van der Waals surface area contributed by atoms with Crippen molar-refractivity contribution in [2.75, 3.05) is 17.9 Å². The molecule has 2 aromatic rings. The molecule has 1 fully saturated rings. The van der Waals surface area contributed by atoms with Gasteiger partial charge in [0, 0.05) is 17.2 Å². The van der Waals surface area contributed by atoms with Gasteiger partial charge in [0.15, 0.2) is 0 Å². The van der Waals surface area contributed by atoms with Crippen LogP contribution < -0.4 is 5.32 Å². The van der Waals surface area contributed by atoms with E-state index in [0.717, 1.165) is 10.5 Å². The number of thioether (sulfide) groups is 2. The van der Waals surface area contributed by atoms with Crippen molar-refractivity contribution in [3.8, 4) is 0 Å². The van der Waals surface area contributed by atoms with Gasteiger partial charge in [0.05, 0.1) is 16.5 Å². The van der Waals surface area contributed by atoms with Crippen LogP contribution in [0.15, 0.2) is 53.4 Å². The van der Waals surface area contributed by atoms with Gasteiger partial charge >= 0.3 is 0 Å². The zero-order chi connectivity index (χ0) is 18.5. The molecule has 1 aliphatic heterocycles. The molecule has 1 N–H and O–H groups in total. The van der Waals surface area contributed by atoms with Crippen LogP contribution >= 0.6 is 35.1 Å². The first-order valence-corrected chi connectivity index (χ1v) is 10.9. The number of benzene rings is 2. The van der Waals surface area contributed by atoms with E-state index in [2.05, 4.69) is 5.32 Å². The lowest BCUT2D eigenvalue weighted by Crippen LogP contribution is -2.47. The second kappa shape index (κ2) is 8.84. The lowest BCUT2D eigenvalue weighted by Gasteiger charge is -2.23. The van der Waals surface area contributed by atoms with Crippen molar-refractivity contribution in [3.05, 3.63) is 64.7 Å². The molecule has 0 aliphatic carbocycles. The summed E-state index contributed by atoms with van der Waals surface area (Å²) in [5, 5.41) is 3.34. The summed E-state index contributed by atoms with van der Waals surface area (Å²) in [5.41, 5.74) is 1.47. The molecule has 2 aromatic carbocycles. The van der Waals surface area contributed by atoms with Crippen molar-refractivity contribution < 1.29 is 9.59 Å². The number of carbonyl (C=O) groups excluding carboxylic acids is 2. The highest BCUT2D eigenvalue weighted by Crippen LogP contribution is 2.28. The minimum Gasteiger partial charge on any atom is -0.350 e. The molecule has 0 spiro atoms. The first-order valence-electron chi connectivity index (χ1n) is 8.14. The fraction of sp³-hybridized carbons (Fsp3) is 0.263. The summed E-state index contributed by atoms with van der Waals surface area (Å²) in [5.74, 6) is 0.744. The van der Waals surface area contributed by atoms with Crippen LogP contribution in [0.25, 0.3) is 0 Å². The average molecular weight is 407 g/mol. The van der Waals surface area contributed by atoms with Crippen molar-refractivity contribution in [1.29, 1.82) is 0 Å². The highest BCUT2D eigenvalue weighted by atomic mass is 35.5. The largest absolute Gasteiger partial charge is 0.350 e. The molecule has 1 aliphatic rings. The molecular formula is C19H19ClN2O2S2. The number of nitrogens with one attached hydrogen (secondary N) is 1. The third kappa shape index (κ3) is 4.37. The summed E-state index contributed by atoms with van der Waals surface area (Å²) in [6.07, 6.45) is 1.95. The molecule has 1 atom stereocenters. The molecule has 1 saturated heterocycles. The van der Waals surface area contributed by atoms with Crippen LogP contribution in [0, 0.1) is 0 Å². The van der Waals surface area contributed by atoms with Crippen LogP contribution in [-0.2, 0) is 11.3 Å². The van der Waals surface area contributed by atoms with Gasteiger partial charge in [-0.15, -0.1) is 23.5 Å². The van der Waals surface area contributed by atoms with Gasteiger partial charge in [-0.25, -0.2) is 0 Å². The molecule has 2 amide bonds. The van der Waals surface area contributed by atoms with Crippen LogP contribution in [0.4, 0.5) is 0 Å². The normalized spacial score (nSPS) is 16.5. The Balaban J connectivity index is 1.71. The molecule has 0 aromatic heterocycles. The molecule has 0 radical (unpaired) electrons. The number of carbonyl (C=O) groups is 2. The van der Waals surface area contributed by atoms with Crippen LogP contribution in [0.2, 0.25) is 5.02 Å². The summed E-state index contributed by atoms with van der Waals surface area (Å²) in [6, 6.07) is 14.6. The van der Waals surface area contributed by atoms with E-state index in [4.69, 9.17) is 11.6 Å². The van der Waals surface area contributed by atoms with Gasteiger partial charge in [0.2, 0.25) is 5.91 Å². The Hall–Kier alpha value is -1.63. The van der Waals surface area contributed by atoms with Crippen LogP contribution in [0.3, 0.4) is 0 Å². The summed E-state index contributed by atoms with van der Waals surface area (Å²) >= 11 is 9.36. The molecular weight excluding hydrogens is 388 g/mol. The summed E-state index contributed by atoms with van der Waals surface area (Å²) < 4.78 is 0. The van der Waals surface area contributed by atoms with E-state index < -0.39 is 6.04 Å². The van der Waals surface area contributed by atoms with Gasteiger partial charge in [-0.2, -0.15) is 0 Å². The number of halogens is 1. The first-order chi connectivity index (χ1) is 12.6. The second-order valence-electron chi connectivity index (χ2n) is 5.84. The first kappa shape index (κ1) is 19.1. The monoisotopic (exact) mass is 406 g/mol. The molecule has 4 nitrogen and oxygen atoms in total. The molecule has 0 bridgehead atoms. The molecule has 7 heteroatoms. The Morgan fingerprint density at radius 2 is 2.04 bits per heavy atom. The van der Waals surface area contributed by atoms with Gasteiger partial charge in [-0.1, -0.05) is 41.9 Å². The highest BCUT2D eigenvalue weighted by Gasteiger charge is 2.35. The van der Waals surface area contributed by atoms with Gasteiger partial charge in [-0.3, -0.25) is 9.59 Å². The molecule has 1 heterocycles. The maximum atomic E-state index is 13.0. The van der Waals surface area contributed by atoms with Gasteiger partial charge in [-0.05, 0) is 30.0 Å². The van der Waals surface area contributed by atoms with Crippen molar-refractivity contribution >= 4 is 46.9 Å². The topological polar surface area (TPSA) is 49.4 Å². The highest BCUT2D eigenvalue weighted by molar-refractivity contribution is 7.99. The van der Waals surface area contributed by atoms with Crippen LogP contribution in [0.1, 0.15) is 15.9 Å². The van der Waals surface area contributed by atoms with Gasteiger partial charge in [0.25, 0.3) is 5.91 Å². The fourth-order valence-electron chi connectivity index (χ4n) is 2.71. The van der Waals surface area contributed by atoms with E-state index >= 15 is 0 Å². The van der Waals surface area contributed by atoms with Crippen molar-refractivity contribution in [2.24, 2.45) is 0 Å². The Morgan fingerprint density at radius 1 is 1.27 bits per heavy atom. The maximum Gasteiger partial charge on any atom is 0.256 e. The Bertz CT molecular complexity index is 801. The maximum absolute atomic E-state index is 13.0. The Kier molecular flexibility index (Phi) is 6.51.